The van der Waals surface area contributed by atoms with Crippen molar-refractivity contribution in [1.29, 1.82) is 0 Å². The second-order valence-electron chi connectivity index (χ2n) is 4.91. The van der Waals surface area contributed by atoms with Gasteiger partial charge in [-0.25, -0.2) is 0 Å². The molecule has 2 amide bonds. The number of oxime groups is 1. The zero-order valence-electron chi connectivity index (χ0n) is 13.4. The van der Waals surface area contributed by atoms with E-state index in [1.807, 2.05) is 0 Å². The van der Waals surface area contributed by atoms with Gasteiger partial charge in [0.25, 0.3) is 5.91 Å². The van der Waals surface area contributed by atoms with Crippen LogP contribution >= 0.6 is 0 Å². The number of nitrogens with one attached hydrogen (secondary N) is 1. The summed E-state index contributed by atoms with van der Waals surface area (Å²) in [5.74, 6) is -1.13. The molecule has 0 radical (unpaired) electrons. The minimum atomic E-state index is -2.96. The fourth-order valence-electron chi connectivity index (χ4n) is 1.90. The predicted octanol–water partition coefficient (Wildman–Crippen LogP) is 2.38. The topological polar surface area (TPSA) is 103 Å². The molecule has 2 rings (SSSR count). The van der Waals surface area contributed by atoms with Crippen molar-refractivity contribution in [2.45, 2.75) is 6.61 Å². The van der Waals surface area contributed by atoms with Crippen molar-refractivity contribution in [3.8, 4) is 5.75 Å². The Labute approximate surface area is 147 Å². The van der Waals surface area contributed by atoms with Crippen LogP contribution in [0, 0.1) is 0 Å². The lowest BCUT2D eigenvalue weighted by Crippen LogP contribution is -2.17. The van der Waals surface area contributed by atoms with Gasteiger partial charge in [-0.3, -0.25) is 9.59 Å². The van der Waals surface area contributed by atoms with E-state index in [-0.39, 0.29) is 11.3 Å². The second-order valence-corrected chi connectivity index (χ2v) is 4.91. The zero-order valence-corrected chi connectivity index (χ0v) is 13.4. The highest BCUT2D eigenvalue weighted by atomic mass is 19.3. The standard InChI is InChI=1S/C17H15F2N3O4/c18-17(19)26-14-4-2-1-3-12(14)9-21-25-10-15(23)22-13-7-5-11(6-8-13)16(20)24/h1-9,17H,10H2,(H2,20,24)(H,22,23)/b21-9+. The number of primary amides is 1. The molecule has 0 unspecified atom stereocenters. The summed E-state index contributed by atoms with van der Waals surface area (Å²) in [5.41, 5.74) is 6.15. The largest absolute Gasteiger partial charge is 0.434 e. The average molecular weight is 363 g/mol. The number of ether oxygens (including phenoxy) is 1. The van der Waals surface area contributed by atoms with E-state index in [1.165, 1.54) is 42.5 Å². The molecule has 0 bridgehead atoms. The maximum absolute atomic E-state index is 12.3. The van der Waals surface area contributed by atoms with E-state index in [2.05, 4.69) is 15.2 Å². The van der Waals surface area contributed by atoms with Crippen molar-refractivity contribution in [3.05, 3.63) is 59.7 Å². The quantitative estimate of drug-likeness (QED) is 0.555. The minimum absolute atomic E-state index is 0.0613. The van der Waals surface area contributed by atoms with Crippen LogP contribution in [0.2, 0.25) is 0 Å². The molecule has 0 aliphatic heterocycles. The maximum Gasteiger partial charge on any atom is 0.387 e. The summed E-state index contributed by atoms with van der Waals surface area (Å²) in [5, 5.41) is 6.09. The van der Waals surface area contributed by atoms with E-state index in [4.69, 9.17) is 10.6 Å². The molecule has 0 atom stereocenters. The number of carbonyl (C=O) groups is 2. The van der Waals surface area contributed by atoms with Gasteiger partial charge in [-0.1, -0.05) is 17.3 Å². The van der Waals surface area contributed by atoms with Gasteiger partial charge in [-0.05, 0) is 36.4 Å². The molecule has 9 heteroatoms. The third-order valence-electron chi connectivity index (χ3n) is 3.05. The van der Waals surface area contributed by atoms with Crippen LogP contribution in [0.4, 0.5) is 14.5 Å². The molecule has 0 saturated carbocycles. The van der Waals surface area contributed by atoms with Gasteiger partial charge < -0.3 is 20.6 Å². The van der Waals surface area contributed by atoms with Gasteiger partial charge in [0.1, 0.15) is 5.75 Å². The monoisotopic (exact) mass is 363 g/mol. The van der Waals surface area contributed by atoms with Crippen LogP contribution in [-0.2, 0) is 9.63 Å². The number of rotatable bonds is 8. The molecular weight excluding hydrogens is 348 g/mol. The number of para-hydroxylation sites is 1. The molecule has 0 aromatic heterocycles. The molecule has 3 N–H and O–H groups in total. The number of hydrogen-bond acceptors (Lipinski definition) is 5. The highest BCUT2D eigenvalue weighted by Crippen LogP contribution is 2.18. The summed E-state index contributed by atoms with van der Waals surface area (Å²) < 4.78 is 28.9. The van der Waals surface area contributed by atoms with Crippen LogP contribution in [0.25, 0.3) is 0 Å². The number of benzene rings is 2. The van der Waals surface area contributed by atoms with Gasteiger partial charge in [0.2, 0.25) is 5.91 Å². The molecule has 0 aliphatic rings. The first-order valence-corrected chi connectivity index (χ1v) is 7.34. The lowest BCUT2D eigenvalue weighted by Gasteiger charge is -2.07. The molecule has 0 spiro atoms. The zero-order chi connectivity index (χ0) is 18.9. The molecule has 2 aromatic rings. The minimum Gasteiger partial charge on any atom is -0.434 e. The van der Waals surface area contributed by atoms with Crippen molar-refractivity contribution in [3.63, 3.8) is 0 Å². The number of anilines is 1. The molecule has 2 aromatic carbocycles. The molecule has 0 heterocycles. The van der Waals surface area contributed by atoms with Crippen molar-refractivity contribution in [2.75, 3.05) is 11.9 Å². The number of nitrogens with two attached hydrogens (primary N) is 1. The summed E-state index contributed by atoms with van der Waals surface area (Å²) in [7, 11) is 0. The van der Waals surface area contributed by atoms with Crippen molar-refractivity contribution >= 4 is 23.7 Å². The smallest absolute Gasteiger partial charge is 0.387 e. The number of amides is 2. The van der Waals surface area contributed by atoms with Gasteiger partial charge in [-0.2, -0.15) is 8.78 Å². The van der Waals surface area contributed by atoms with Crippen LogP contribution in [0.3, 0.4) is 0 Å². The fraction of sp³-hybridized carbons (Fsp3) is 0.118. The first-order valence-electron chi connectivity index (χ1n) is 7.34. The Hall–Kier alpha value is -3.49. The van der Waals surface area contributed by atoms with Crippen LogP contribution in [0.15, 0.2) is 53.7 Å². The summed E-state index contributed by atoms with van der Waals surface area (Å²) in [4.78, 5) is 27.5. The van der Waals surface area contributed by atoms with Gasteiger partial charge >= 0.3 is 6.61 Å². The van der Waals surface area contributed by atoms with E-state index >= 15 is 0 Å². The highest BCUT2D eigenvalue weighted by Gasteiger charge is 2.08. The van der Waals surface area contributed by atoms with E-state index < -0.39 is 25.0 Å². The van der Waals surface area contributed by atoms with Gasteiger partial charge in [0.15, 0.2) is 6.61 Å². The van der Waals surface area contributed by atoms with E-state index in [0.29, 0.717) is 11.3 Å². The Kier molecular flexibility index (Phi) is 6.60. The van der Waals surface area contributed by atoms with E-state index in [9.17, 15) is 18.4 Å². The third-order valence-corrected chi connectivity index (χ3v) is 3.05. The molecule has 7 nitrogen and oxygen atoms in total. The highest BCUT2D eigenvalue weighted by molar-refractivity contribution is 5.95. The van der Waals surface area contributed by atoms with Crippen LogP contribution in [-0.4, -0.2) is 31.2 Å². The summed E-state index contributed by atoms with van der Waals surface area (Å²) in [6, 6.07) is 12.0. The van der Waals surface area contributed by atoms with Crippen LogP contribution in [0.5, 0.6) is 5.75 Å². The Bertz CT molecular complexity index is 795. The Morgan fingerprint density at radius 3 is 2.50 bits per heavy atom. The van der Waals surface area contributed by atoms with Gasteiger partial charge in [0, 0.05) is 16.8 Å². The molecule has 0 fully saturated rings. The SMILES string of the molecule is NC(=O)c1ccc(NC(=O)CO/N=C/c2ccccc2OC(F)F)cc1. The normalized spacial score (nSPS) is 10.7. The van der Waals surface area contributed by atoms with Gasteiger partial charge in [0.05, 0.1) is 6.21 Å². The van der Waals surface area contributed by atoms with Crippen molar-refractivity contribution in [2.24, 2.45) is 10.9 Å². The Balaban J connectivity index is 1.84. The lowest BCUT2D eigenvalue weighted by atomic mass is 10.2. The van der Waals surface area contributed by atoms with E-state index in [0.717, 1.165) is 6.21 Å². The summed E-state index contributed by atoms with van der Waals surface area (Å²) in [6.07, 6.45) is 1.16. The summed E-state index contributed by atoms with van der Waals surface area (Å²) >= 11 is 0. The van der Waals surface area contributed by atoms with E-state index in [1.54, 1.807) is 6.07 Å². The first kappa shape index (κ1) is 18.8. The van der Waals surface area contributed by atoms with Crippen LogP contribution < -0.4 is 15.8 Å². The molecule has 136 valence electrons. The Morgan fingerprint density at radius 1 is 1.15 bits per heavy atom. The number of hydrogen-bond donors (Lipinski definition) is 2. The van der Waals surface area contributed by atoms with Crippen LogP contribution in [0.1, 0.15) is 15.9 Å². The van der Waals surface area contributed by atoms with Gasteiger partial charge in [-0.15, -0.1) is 0 Å². The average Bonchev–Trinajstić information content (AvgIpc) is 2.60. The first-order chi connectivity index (χ1) is 12.5. The molecule has 0 aliphatic carbocycles. The molecule has 0 saturated heterocycles. The fourth-order valence-corrected chi connectivity index (χ4v) is 1.90. The maximum atomic E-state index is 12.3. The lowest BCUT2D eigenvalue weighted by molar-refractivity contribution is -0.120. The Morgan fingerprint density at radius 2 is 1.85 bits per heavy atom. The number of alkyl halides is 2. The number of halogens is 2. The number of carbonyl (C=O) groups excluding carboxylic acids is 2. The summed E-state index contributed by atoms with van der Waals surface area (Å²) in [6.45, 7) is -3.36. The van der Waals surface area contributed by atoms with Crippen molar-refractivity contribution < 1.29 is 27.9 Å². The number of nitrogens with zero attached hydrogens (tertiary/aromatic N) is 1. The molecule has 26 heavy (non-hydrogen) atoms. The molecular formula is C17H15F2N3O4. The predicted molar refractivity (Wildman–Crippen MR) is 90.2 cm³/mol. The van der Waals surface area contributed by atoms with Crippen molar-refractivity contribution in [1.82, 2.24) is 0 Å². The third kappa shape index (κ3) is 5.86. The second kappa shape index (κ2) is 9.11.